The van der Waals surface area contributed by atoms with Crippen molar-refractivity contribution in [2.45, 2.75) is 31.7 Å². The minimum atomic E-state index is -0.183. The molecule has 3 aromatic heterocycles. The normalized spacial score (nSPS) is 23.9. The summed E-state index contributed by atoms with van der Waals surface area (Å²) in [6.45, 7) is 3.09. The third-order valence-electron chi connectivity index (χ3n) is 5.51. The molecule has 1 aromatic carbocycles. The summed E-state index contributed by atoms with van der Waals surface area (Å²) >= 11 is 6.53. The number of aryl methyl sites for hydroxylation is 1. The Kier molecular flexibility index (Phi) is 3.80. The van der Waals surface area contributed by atoms with Gasteiger partial charge in [0.05, 0.1) is 34.6 Å². The fourth-order valence-electron chi connectivity index (χ4n) is 4.03. The van der Waals surface area contributed by atoms with E-state index in [1.54, 1.807) is 0 Å². The first kappa shape index (κ1) is 17.2. The van der Waals surface area contributed by atoms with Gasteiger partial charge in [0.2, 0.25) is 0 Å². The van der Waals surface area contributed by atoms with Crippen molar-refractivity contribution in [2.24, 2.45) is 0 Å². The number of nitrogens with one attached hydrogen (secondary N) is 1. The SMILES string of the molecule is Cc1noc2ccc(-c3nc4nc(OC5CO[C@@H]6CCO[C@H]56)[nH]c4cc3Cl)cc12. The summed E-state index contributed by atoms with van der Waals surface area (Å²) in [5.74, 6) is 0. The van der Waals surface area contributed by atoms with E-state index >= 15 is 0 Å². The van der Waals surface area contributed by atoms with E-state index in [9.17, 15) is 0 Å². The molecule has 1 unspecified atom stereocenters. The van der Waals surface area contributed by atoms with Crippen LogP contribution in [0.4, 0.5) is 0 Å². The monoisotopic (exact) mass is 412 g/mol. The molecule has 2 saturated heterocycles. The van der Waals surface area contributed by atoms with E-state index in [1.807, 2.05) is 31.2 Å². The number of hydrogen-bond donors (Lipinski definition) is 1. The minimum Gasteiger partial charge on any atom is -0.456 e. The zero-order chi connectivity index (χ0) is 19.5. The van der Waals surface area contributed by atoms with Crippen molar-refractivity contribution in [2.75, 3.05) is 13.2 Å². The van der Waals surface area contributed by atoms with Crippen LogP contribution in [0, 0.1) is 6.92 Å². The fourth-order valence-corrected chi connectivity index (χ4v) is 4.30. The number of benzene rings is 1. The highest BCUT2D eigenvalue weighted by Gasteiger charge is 2.43. The van der Waals surface area contributed by atoms with Crippen molar-refractivity contribution in [3.05, 3.63) is 35.0 Å². The van der Waals surface area contributed by atoms with Crippen molar-refractivity contribution in [1.82, 2.24) is 20.1 Å². The highest BCUT2D eigenvalue weighted by Crippen LogP contribution is 2.33. The first-order chi connectivity index (χ1) is 14.2. The number of imidazole rings is 1. The van der Waals surface area contributed by atoms with Crippen LogP contribution in [0.2, 0.25) is 5.02 Å². The summed E-state index contributed by atoms with van der Waals surface area (Å²) in [5.41, 5.74) is 4.30. The molecule has 0 spiro atoms. The Balaban J connectivity index is 1.35. The molecule has 0 radical (unpaired) electrons. The number of H-pyrrole nitrogens is 1. The first-order valence-electron chi connectivity index (χ1n) is 9.48. The van der Waals surface area contributed by atoms with Crippen LogP contribution < -0.4 is 4.74 Å². The molecule has 2 aliphatic heterocycles. The van der Waals surface area contributed by atoms with Crippen LogP contribution in [0.25, 0.3) is 33.4 Å². The predicted molar refractivity (Wildman–Crippen MR) is 105 cm³/mol. The lowest BCUT2D eigenvalue weighted by atomic mass is 10.1. The number of nitrogens with zero attached hydrogens (tertiary/aromatic N) is 3. The lowest BCUT2D eigenvalue weighted by Crippen LogP contribution is -2.32. The fraction of sp³-hybridized carbons (Fsp3) is 0.350. The number of halogens is 1. The third-order valence-corrected chi connectivity index (χ3v) is 5.80. The van der Waals surface area contributed by atoms with Gasteiger partial charge in [0.1, 0.15) is 6.10 Å². The molecule has 9 heteroatoms. The second-order valence-corrected chi connectivity index (χ2v) is 7.77. The number of hydrogen-bond acceptors (Lipinski definition) is 7. The summed E-state index contributed by atoms with van der Waals surface area (Å²) in [6, 6.07) is 7.94. The number of ether oxygens (including phenoxy) is 3. The van der Waals surface area contributed by atoms with Crippen LogP contribution in [-0.4, -0.2) is 51.6 Å². The number of aromatic nitrogens is 4. The van der Waals surface area contributed by atoms with Gasteiger partial charge >= 0.3 is 0 Å². The second kappa shape index (κ2) is 6.41. The molecule has 3 atom stereocenters. The van der Waals surface area contributed by atoms with Gasteiger partial charge in [0, 0.05) is 17.6 Å². The summed E-state index contributed by atoms with van der Waals surface area (Å²) in [7, 11) is 0. The maximum atomic E-state index is 6.53. The van der Waals surface area contributed by atoms with E-state index in [0.717, 1.165) is 28.6 Å². The molecule has 0 amide bonds. The Morgan fingerprint density at radius 1 is 1.21 bits per heavy atom. The van der Waals surface area contributed by atoms with Gasteiger partial charge in [-0.05, 0) is 37.6 Å². The lowest BCUT2D eigenvalue weighted by Gasteiger charge is -2.15. The largest absolute Gasteiger partial charge is 0.456 e. The zero-order valence-corrected chi connectivity index (χ0v) is 16.3. The molecule has 1 N–H and O–H groups in total. The van der Waals surface area contributed by atoms with Crippen LogP contribution in [0.15, 0.2) is 28.8 Å². The first-order valence-corrected chi connectivity index (χ1v) is 9.86. The summed E-state index contributed by atoms with van der Waals surface area (Å²) in [4.78, 5) is 12.3. The Morgan fingerprint density at radius 2 is 2.14 bits per heavy atom. The maximum Gasteiger partial charge on any atom is 0.296 e. The molecular formula is C20H17ClN4O4. The highest BCUT2D eigenvalue weighted by atomic mass is 35.5. The molecule has 4 aromatic rings. The van der Waals surface area contributed by atoms with E-state index in [1.165, 1.54) is 0 Å². The zero-order valence-electron chi connectivity index (χ0n) is 15.5. The average molecular weight is 413 g/mol. The molecule has 0 aliphatic carbocycles. The predicted octanol–water partition coefficient (Wildman–Crippen LogP) is 3.66. The van der Waals surface area contributed by atoms with Gasteiger partial charge in [-0.15, -0.1) is 0 Å². The maximum absolute atomic E-state index is 6.53. The van der Waals surface area contributed by atoms with Gasteiger partial charge in [-0.3, -0.25) is 0 Å². The Labute approximate surface area is 170 Å². The Hall–Kier alpha value is -2.68. The molecule has 5 heterocycles. The number of rotatable bonds is 3. The standard InChI is InChI=1S/C20H17ClN4O4/c1-9-11-6-10(2-3-14(11)29-25-9)17-12(21)7-13-19(23-17)24-20(22-13)28-16-8-27-15-4-5-26-18(15)16/h2-3,6-7,15-16,18H,4-5,8H2,1H3,(H,22,23,24)/t15-,16?,18+/m1/s1. The molecule has 8 nitrogen and oxygen atoms in total. The molecule has 2 aliphatic rings. The van der Waals surface area contributed by atoms with Gasteiger partial charge in [-0.25, -0.2) is 4.98 Å². The van der Waals surface area contributed by atoms with Crippen LogP contribution in [-0.2, 0) is 9.47 Å². The number of fused-ring (bicyclic) bond motifs is 3. The van der Waals surface area contributed by atoms with E-state index in [-0.39, 0.29) is 18.3 Å². The van der Waals surface area contributed by atoms with E-state index in [0.29, 0.717) is 41.1 Å². The van der Waals surface area contributed by atoms with Crippen LogP contribution in [0.3, 0.4) is 0 Å². The molecule has 2 fully saturated rings. The van der Waals surface area contributed by atoms with Gasteiger partial charge in [0.25, 0.3) is 6.01 Å². The Bertz CT molecular complexity index is 1240. The summed E-state index contributed by atoms with van der Waals surface area (Å²) < 4.78 is 22.7. The van der Waals surface area contributed by atoms with Gasteiger partial charge in [0.15, 0.2) is 17.3 Å². The summed E-state index contributed by atoms with van der Waals surface area (Å²) in [6.07, 6.45) is 0.784. The molecule has 0 saturated carbocycles. The van der Waals surface area contributed by atoms with Gasteiger partial charge in [-0.1, -0.05) is 16.8 Å². The minimum absolute atomic E-state index is 0.0474. The topological polar surface area (TPSA) is 95.3 Å². The van der Waals surface area contributed by atoms with E-state index < -0.39 is 0 Å². The quantitative estimate of drug-likeness (QED) is 0.548. The van der Waals surface area contributed by atoms with E-state index in [2.05, 4.69) is 20.1 Å². The highest BCUT2D eigenvalue weighted by molar-refractivity contribution is 6.33. The number of pyridine rings is 1. The van der Waals surface area contributed by atoms with E-state index in [4.69, 9.17) is 30.3 Å². The Morgan fingerprint density at radius 3 is 3.07 bits per heavy atom. The van der Waals surface area contributed by atoms with Crippen molar-refractivity contribution in [3.8, 4) is 17.3 Å². The third kappa shape index (κ3) is 2.78. The molecule has 0 bridgehead atoms. The van der Waals surface area contributed by atoms with Crippen LogP contribution in [0.1, 0.15) is 12.1 Å². The molecule has 29 heavy (non-hydrogen) atoms. The molecule has 148 valence electrons. The molecule has 6 rings (SSSR count). The van der Waals surface area contributed by atoms with Gasteiger partial charge < -0.3 is 23.7 Å². The van der Waals surface area contributed by atoms with Crippen molar-refractivity contribution in [1.29, 1.82) is 0 Å². The van der Waals surface area contributed by atoms with Crippen LogP contribution in [0.5, 0.6) is 6.01 Å². The van der Waals surface area contributed by atoms with Crippen molar-refractivity contribution < 1.29 is 18.7 Å². The molecular weight excluding hydrogens is 396 g/mol. The second-order valence-electron chi connectivity index (χ2n) is 7.36. The average Bonchev–Trinajstić information content (AvgIpc) is 3.47. The smallest absolute Gasteiger partial charge is 0.296 e. The van der Waals surface area contributed by atoms with Crippen molar-refractivity contribution >= 4 is 33.7 Å². The van der Waals surface area contributed by atoms with Gasteiger partial charge in [-0.2, -0.15) is 4.98 Å². The summed E-state index contributed by atoms with van der Waals surface area (Å²) in [5, 5.41) is 5.44. The number of aromatic amines is 1. The van der Waals surface area contributed by atoms with Crippen LogP contribution >= 0.6 is 11.6 Å². The van der Waals surface area contributed by atoms with Crippen molar-refractivity contribution in [3.63, 3.8) is 0 Å². The lowest BCUT2D eigenvalue weighted by molar-refractivity contribution is 0.0273.